The quantitative estimate of drug-likeness (QED) is 0.120. The summed E-state index contributed by atoms with van der Waals surface area (Å²) in [4.78, 5) is 42.7. The summed E-state index contributed by atoms with van der Waals surface area (Å²) in [6, 6.07) is 0. The Bertz CT molecular complexity index is 2000. The molecule has 6 rings (SSSR count). The van der Waals surface area contributed by atoms with Gasteiger partial charge in [0.15, 0.2) is 5.75 Å². The second kappa shape index (κ2) is 17.7. The number of phenolic OH excluding ortho intramolecular Hbond substituents is 3. The molecule has 0 spiro atoms. The lowest BCUT2D eigenvalue weighted by Crippen LogP contribution is -2.46. The number of ketones is 1. The van der Waals surface area contributed by atoms with Gasteiger partial charge in [-0.3, -0.25) is 19.3 Å². The number of carbonyl (C=O) groups is 3. The summed E-state index contributed by atoms with van der Waals surface area (Å²) in [5, 5.41) is 61.0. The summed E-state index contributed by atoms with van der Waals surface area (Å²) in [7, 11) is 1.45. The third-order valence-electron chi connectivity index (χ3n) is 12.4. The summed E-state index contributed by atoms with van der Waals surface area (Å²) in [5.74, 6) is -7.29. The zero-order valence-corrected chi connectivity index (χ0v) is 35.2. The van der Waals surface area contributed by atoms with Crippen molar-refractivity contribution in [2.75, 3.05) is 25.5 Å². The summed E-state index contributed by atoms with van der Waals surface area (Å²) >= 11 is 0. The number of hydrogen-bond acceptors (Lipinski definition) is 13. The number of hydrogen-bond donors (Lipinski definition) is 6. The summed E-state index contributed by atoms with van der Waals surface area (Å²) in [6.45, 7) is 16.3. The molecule has 4 aliphatic heterocycles. The van der Waals surface area contributed by atoms with E-state index in [1.54, 1.807) is 46.8 Å². The Morgan fingerprint density at radius 1 is 0.931 bits per heavy atom. The van der Waals surface area contributed by atoms with E-state index < -0.39 is 88.8 Å². The van der Waals surface area contributed by atoms with Crippen LogP contribution in [0.2, 0.25) is 0 Å². The Hall–Kier alpha value is -4.63. The van der Waals surface area contributed by atoms with E-state index in [2.05, 4.69) is 17.1 Å². The number of anilines is 1. The summed E-state index contributed by atoms with van der Waals surface area (Å²) in [6.07, 6.45) is 5.56. The predicted molar refractivity (Wildman–Crippen MR) is 217 cm³/mol. The number of amides is 1. The average Bonchev–Trinajstić information content (AvgIpc) is 3.45. The molecule has 1 fully saturated rings. The van der Waals surface area contributed by atoms with Crippen LogP contribution in [0.15, 0.2) is 36.1 Å². The van der Waals surface area contributed by atoms with E-state index in [9.17, 15) is 39.9 Å². The molecule has 5 bridgehead atoms. The molecule has 1 amide bonds. The van der Waals surface area contributed by atoms with Crippen molar-refractivity contribution >= 4 is 34.1 Å². The van der Waals surface area contributed by atoms with E-state index in [-0.39, 0.29) is 51.0 Å². The van der Waals surface area contributed by atoms with Crippen LogP contribution in [0, 0.1) is 36.5 Å². The molecule has 0 radical (unpaired) electrons. The lowest BCUT2D eigenvalue weighted by atomic mass is 9.78. The van der Waals surface area contributed by atoms with Crippen LogP contribution in [-0.4, -0.2) is 98.5 Å². The fraction of sp³-hybridized carbons (Fsp3) is 0.568. The molecule has 9 atom stereocenters. The third kappa shape index (κ3) is 8.56. The molecule has 6 N–H and O–H groups in total. The van der Waals surface area contributed by atoms with Gasteiger partial charge in [0, 0.05) is 73.3 Å². The van der Waals surface area contributed by atoms with Gasteiger partial charge in [-0.2, -0.15) is 0 Å². The van der Waals surface area contributed by atoms with Crippen LogP contribution in [0.1, 0.15) is 89.7 Å². The van der Waals surface area contributed by atoms with Crippen LogP contribution >= 0.6 is 0 Å². The number of piperidine rings is 1. The molecule has 4 aliphatic rings. The fourth-order valence-electron chi connectivity index (χ4n) is 8.38. The molecule has 0 aliphatic carbocycles. The number of esters is 1. The smallest absolute Gasteiger partial charge is 0.312 e. The fourth-order valence-corrected chi connectivity index (χ4v) is 8.38. The highest BCUT2D eigenvalue weighted by atomic mass is 16.7. The summed E-state index contributed by atoms with van der Waals surface area (Å²) < 4.78 is 23.7. The van der Waals surface area contributed by atoms with Crippen molar-refractivity contribution in [2.45, 2.75) is 112 Å². The first-order valence-corrected chi connectivity index (χ1v) is 20.0. The van der Waals surface area contributed by atoms with Crippen LogP contribution in [0.5, 0.6) is 23.0 Å². The third-order valence-corrected chi connectivity index (χ3v) is 12.4. The highest BCUT2D eigenvalue weighted by molar-refractivity contribution is 6.22. The molecular weight excluding hydrogens is 748 g/mol. The van der Waals surface area contributed by atoms with E-state index >= 15 is 0 Å². The van der Waals surface area contributed by atoms with Crippen LogP contribution < -0.4 is 10.1 Å². The van der Waals surface area contributed by atoms with E-state index in [1.165, 1.54) is 46.3 Å². The molecule has 14 heteroatoms. The first kappa shape index (κ1) is 44.5. The second-order valence-electron chi connectivity index (χ2n) is 16.6. The number of phenols is 3. The SMILES string of the molecule is COC1/C=C/OC2(C)Oc3c(C)c(O)c4c(O)c(c(CN5CCC(C)CC5)c(O)c4c3C2=O)NC(=O)/C(C)=C/C=C/C(C)C(O)C(C)C(O)C(C)C(OC(C)=O)C1C. The Morgan fingerprint density at radius 2 is 1.59 bits per heavy atom. The Balaban J connectivity index is 1.70. The number of allylic oxidation sites excluding steroid dienone is 2. The van der Waals surface area contributed by atoms with Gasteiger partial charge in [-0.15, -0.1) is 0 Å². The van der Waals surface area contributed by atoms with Gasteiger partial charge < -0.3 is 49.8 Å². The molecule has 9 unspecified atom stereocenters. The topological polar surface area (TPSA) is 205 Å². The van der Waals surface area contributed by atoms with Gasteiger partial charge in [0.2, 0.25) is 0 Å². The molecule has 4 heterocycles. The van der Waals surface area contributed by atoms with Gasteiger partial charge in [0.05, 0.1) is 41.2 Å². The zero-order valence-electron chi connectivity index (χ0n) is 35.2. The molecule has 0 aromatic heterocycles. The number of ether oxygens (including phenoxy) is 4. The number of Topliss-reactive ketones (excluding diaryl/α,β-unsaturated/α-hetero) is 1. The number of methoxy groups -OCH3 is 1. The largest absolute Gasteiger partial charge is 0.507 e. The maximum atomic E-state index is 14.5. The van der Waals surface area contributed by atoms with Gasteiger partial charge in [-0.05, 0) is 51.8 Å². The zero-order chi connectivity index (χ0) is 43.0. The van der Waals surface area contributed by atoms with E-state index in [0.717, 1.165) is 12.8 Å². The lowest BCUT2D eigenvalue weighted by molar-refractivity contribution is -0.160. The van der Waals surface area contributed by atoms with E-state index in [1.807, 2.05) is 0 Å². The first-order valence-electron chi connectivity index (χ1n) is 20.0. The van der Waals surface area contributed by atoms with Crippen molar-refractivity contribution in [3.63, 3.8) is 0 Å². The first-order chi connectivity index (χ1) is 27.2. The monoisotopic (exact) mass is 808 g/mol. The Morgan fingerprint density at radius 3 is 2.21 bits per heavy atom. The minimum Gasteiger partial charge on any atom is -0.507 e. The molecule has 2 aromatic rings. The normalized spacial score (nSPS) is 32.6. The molecule has 318 valence electrons. The molecule has 1 saturated heterocycles. The standard InChI is InChI=1S/C44H60N2O12/c1-21-14-17-46(18-15-21)20-29-34-39(52)32-31(38(29)51)33-41(27(7)37(32)50)58-44(9,42(33)53)56-19-16-30(55-10)24(4)40(57-28(8)47)26(6)36(49)25(5)35(48)22(2)12-11-13-23(3)43(54)45-34/h11-13,16,19,21-22,24-26,30,35-36,40,48-52H,14-15,17-18,20H2,1-10H3,(H,45,54)/b12-11+,19-16+,23-13+. The number of nitrogens with one attached hydrogen (secondary N) is 1. The maximum absolute atomic E-state index is 14.5. The van der Waals surface area contributed by atoms with Crippen LogP contribution in [0.4, 0.5) is 5.69 Å². The lowest BCUT2D eigenvalue weighted by Gasteiger charge is -2.38. The number of benzene rings is 2. The Kier molecular flexibility index (Phi) is 13.6. The minimum absolute atomic E-state index is 0.0499. The predicted octanol–water partition coefficient (Wildman–Crippen LogP) is 5.99. The van der Waals surface area contributed by atoms with Crippen molar-refractivity contribution < 1.29 is 58.9 Å². The molecule has 0 saturated carbocycles. The van der Waals surface area contributed by atoms with Crippen molar-refractivity contribution in [3.05, 3.63) is 52.8 Å². The van der Waals surface area contributed by atoms with Gasteiger partial charge >= 0.3 is 11.8 Å². The van der Waals surface area contributed by atoms with Gasteiger partial charge in [-0.25, -0.2) is 0 Å². The number of nitrogens with zero attached hydrogens (tertiary/aromatic N) is 1. The van der Waals surface area contributed by atoms with Crippen LogP contribution in [-0.2, 0) is 30.3 Å². The van der Waals surface area contributed by atoms with E-state index in [4.69, 9.17) is 18.9 Å². The van der Waals surface area contributed by atoms with Gasteiger partial charge in [-0.1, -0.05) is 52.8 Å². The van der Waals surface area contributed by atoms with Crippen molar-refractivity contribution in [1.82, 2.24) is 4.90 Å². The molecule has 2 aromatic carbocycles. The van der Waals surface area contributed by atoms with Crippen LogP contribution in [0.25, 0.3) is 10.8 Å². The van der Waals surface area contributed by atoms with Gasteiger partial charge in [0.1, 0.15) is 23.4 Å². The van der Waals surface area contributed by atoms with Crippen LogP contribution in [0.3, 0.4) is 0 Å². The molecule has 58 heavy (non-hydrogen) atoms. The highest BCUT2D eigenvalue weighted by Gasteiger charge is 2.50. The van der Waals surface area contributed by atoms with Crippen molar-refractivity contribution in [1.29, 1.82) is 0 Å². The molecule has 14 nitrogen and oxygen atoms in total. The number of carbonyl (C=O) groups excluding carboxylic acids is 3. The number of fused-ring (bicyclic) bond motifs is 14. The Labute approximate surface area is 340 Å². The van der Waals surface area contributed by atoms with Crippen molar-refractivity contribution in [2.24, 2.45) is 29.6 Å². The number of aromatic hydroxyl groups is 3. The number of aliphatic hydroxyl groups is 2. The van der Waals surface area contributed by atoms with E-state index in [0.29, 0.717) is 19.0 Å². The summed E-state index contributed by atoms with van der Waals surface area (Å²) in [5.41, 5.74) is 0.229. The number of likely N-dealkylation sites (tertiary alicyclic amines) is 1. The minimum atomic E-state index is -2.01. The number of aliphatic hydroxyl groups excluding tert-OH is 2. The van der Waals surface area contributed by atoms with Crippen molar-refractivity contribution in [3.8, 4) is 23.0 Å². The number of rotatable bonds is 4. The van der Waals surface area contributed by atoms with Gasteiger partial charge in [0.25, 0.3) is 11.7 Å². The average molecular weight is 809 g/mol. The second-order valence-corrected chi connectivity index (χ2v) is 16.6. The molecular formula is C44H60N2O12. The highest BCUT2D eigenvalue weighted by Crippen LogP contribution is 2.55. The maximum Gasteiger partial charge on any atom is 0.312 e.